The first-order chi connectivity index (χ1) is 11.3. The third-order valence-electron chi connectivity index (χ3n) is 4.41. The van der Waals surface area contributed by atoms with Crippen LogP contribution >= 0.6 is 11.6 Å². The fourth-order valence-electron chi connectivity index (χ4n) is 2.68. The number of carbonyl (C=O) groups is 1. The van der Waals surface area contributed by atoms with Crippen LogP contribution in [0.5, 0.6) is 5.75 Å². The molecule has 1 unspecified atom stereocenters. The standard InChI is InChI=1S/C17H19ClN4O2/c1-17(2)7-5-12(17)21-16(24)15-11(23)3-4-14(22-15)20-10-6-8-19-13(18)9-10/h3-4,6,8-9,12,23H,5,7H2,1-2H3,(H,21,24)(H,19,20,22). The van der Waals surface area contributed by atoms with Crippen molar-refractivity contribution in [1.29, 1.82) is 0 Å². The van der Waals surface area contributed by atoms with Gasteiger partial charge in [0.05, 0.1) is 0 Å². The topological polar surface area (TPSA) is 87.1 Å². The Morgan fingerprint density at radius 3 is 2.79 bits per heavy atom. The van der Waals surface area contributed by atoms with Crippen molar-refractivity contribution in [3.63, 3.8) is 0 Å². The first kappa shape index (κ1) is 16.5. The molecule has 1 aliphatic carbocycles. The van der Waals surface area contributed by atoms with Crippen LogP contribution in [0, 0.1) is 5.41 Å². The van der Waals surface area contributed by atoms with E-state index in [1.54, 1.807) is 24.4 Å². The van der Waals surface area contributed by atoms with E-state index in [4.69, 9.17) is 11.6 Å². The van der Waals surface area contributed by atoms with E-state index in [9.17, 15) is 9.90 Å². The van der Waals surface area contributed by atoms with Gasteiger partial charge in [0.1, 0.15) is 16.7 Å². The number of aromatic nitrogens is 2. The van der Waals surface area contributed by atoms with Gasteiger partial charge < -0.3 is 15.7 Å². The van der Waals surface area contributed by atoms with E-state index >= 15 is 0 Å². The minimum atomic E-state index is -0.373. The van der Waals surface area contributed by atoms with Crippen LogP contribution in [0.4, 0.5) is 11.5 Å². The quantitative estimate of drug-likeness (QED) is 0.737. The summed E-state index contributed by atoms with van der Waals surface area (Å²) in [6.07, 6.45) is 3.58. The maximum absolute atomic E-state index is 12.4. The number of pyridine rings is 2. The monoisotopic (exact) mass is 346 g/mol. The van der Waals surface area contributed by atoms with Crippen molar-refractivity contribution in [2.24, 2.45) is 5.41 Å². The Bertz CT molecular complexity index is 779. The molecule has 1 fully saturated rings. The van der Waals surface area contributed by atoms with Crippen molar-refractivity contribution in [1.82, 2.24) is 15.3 Å². The summed E-state index contributed by atoms with van der Waals surface area (Å²) in [5.74, 6) is -0.0855. The molecule has 3 rings (SSSR count). The summed E-state index contributed by atoms with van der Waals surface area (Å²) in [4.78, 5) is 20.5. The molecule has 7 heteroatoms. The Morgan fingerprint density at radius 1 is 1.38 bits per heavy atom. The Hall–Kier alpha value is -2.34. The molecule has 0 radical (unpaired) electrons. The molecule has 126 valence electrons. The lowest BCUT2D eigenvalue weighted by Gasteiger charge is -2.44. The molecule has 6 nitrogen and oxygen atoms in total. The second-order valence-electron chi connectivity index (χ2n) is 6.61. The second-order valence-corrected chi connectivity index (χ2v) is 7.00. The number of carbonyl (C=O) groups excluding carboxylic acids is 1. The van der Waals surface area contributed by atoms with Gasteiger partial charge in [0.15, 0.2) is 5.69 Å². The number of amides is 1. The highest BCUT2D eigenvalue weighted by molar-refractivity contribution is 6.29. The van der Waals surface area contributed by atoms with Crippen LogP contribution in [0.1, 0.15) is 37.2 Å². The molecule has 2 heterocycles. The van der Waals surface area contributed by atoms with E-state index in [1.165, 1.54) is 6.07 Å². The predicted octanol–water partition coefficient (Wildman–Crippen LogP) is 3.50. The highest BCUT2D eigenvalue weighted by Gasteiger charge is 2.39. The van der Waals surface area contributed by atoms with Gasteiger partial charge in [0, 0.05) is 17.9 Å². The van der Waals surface area contributed by atoms with Crippen LogP contribution in [-0.4, -0.2) is 27.0 Å². The van der Waals surface area contributed by atoms with Gasteiger partial charge in [-0.3, -0.25) is 4.79 Å². The number of rotatable bonds is 4. The SMILES string of the molecule is CC1(C)CCC1NC(=O)c1nc(Nc2ccnc(Cl)c2)ccc1O. The summed E-state index contributed by atoms with van der Waals surface area (Å²) < 4.78 is 0. The van der Waals surface area contributed by atoms with Crippen molar-refractivity contribution in [3.05, 3.63) is 41.3 Å². The lowest BCUT2D eigenvalue weighted by Crippen LogP contribution is -2.52. The fraction of sp³-hybridized carbons (Fsp3) is 0.353. The summed E-state index contributed by atoms with van der Waals surface area (Å²) in [6, 6.07) is 6.51. The maximum Gasteiger partial charge on any atom is 0.274 e. The Kier molecular flexibility index (Phi) is 4.32. The van der Waals surface area contributed by atoms with Gasteiger partial charge in [-0.15, -0.1) is 0 Å². The number of nitrogens with one attached hydrogen (secondary N) is 2. The van der Waals surface area contributed by atoms with E-state index in [0.29, 0.717) is 16.7 Å². The summed E-state index contributed by atoms with van der Waals surface area (Å²) in [5.41, 5.74) is 0.775. The van der Waals surface area contributed by atoms with Crippen molar-refractivity contribution in [3.8, 4) is 5.75 Å². The van der Waals surface area contributed by atoms with E-state index in [-0.39, 0.29) is 28.8 Å². The molecule has 1 saturated carbocycles. The van der Waals surface area contributed by atoms with Crippen LogP contribution in [-0.2, 0) is 0 Å². The zero-order valence-corrected chi connectivity index (χ0v) is 14.3. The summed E-state index contributed by atoms with van der Waals surface area (Å²) in [5, 5.41) is 16.3. The van der Waals surface area contributed by atoms with Gasteiger partial charge in [-0.1, -0.05) is 25.4 Å². The smallest absolute Gasteiger partial charge is 0.274 e. The molecule has 0 spiro atoms. The molecule has 2 aromatic rings. The van der Waals surface area contributed by atoms with Crippen LogP contribution in [0.15, 0.2) is 30.5 Å². The van der Waals surface area contributed by atoms with Crippen LogP contribution in [0.3, 0.4) is 0 Å². The first-order valence-electron chi connectivity index (χ1n) is 7.74. The van der Waals surface area contributed by atoms with Gasteiger partial charge in [0.2, 0.25) is 0 Å². The van der Waals surface area contributed by atoms with E-state index in [1.807, 2.05) is 0 Å². The number of hydrogen-bond donors (Lipinski definition) is 3. The number of halogens is 1. The molecule has 0 bridgehead atoms. The average Bonchev–Trinajstić information content (AvgIpc) is 2.53. The lowest BCUT2D eigenvalue weighted by atomic mass is 9.67. The third-order valence-corrected chi connectivity index (χ3v) is 4.62. The third kappa shape index (κ3) is 3.43. The lowest BCUT2D eigenvalue weighted by molar-refractivity contribution is 0.0725. The Labute approximate surface area is 145 Å². The highest BCUT2D eigenvalue weighted by atomic mass is 35.5. The van der Waals surface area contributed by atoms with Gasteiger partial charge in [-0.25, -0.2) is 9.97 Å². The van der Waals surface area contributed by atoms with Gasteiger partial charge in [-0.05, 0) is 42.5 Å². The average molecular weight is 347 g/mol. The van der Waals surface area contributed by atoms with Crippen molar-refractivity contribution in [2.75, 3.05) is 5.32 Å². The Balaban J connectivity index is 1.77. The zero-order valence-electron chi connectivity index (χ0n) is 13.5. The van der Waals surface area contributed by atoms with E-state index in [0.717, 1.165) is 12.8 Å². The summed E-state index contributed by atoms with van der Waals surface area (Å²) in [6.45, 7) is 4.22. The largest absolute Gasteiger partial charge is 0.505 e. The molecular formula is C17H19ClN4O2. The van der Waals surface area contributed by atoms with Crippen molar-refractivity contribution >= 4 is 29.0 Å². The first-order valence-corrected chi connectivity index (χ1v) is 8.12. The number of nitrogens with zero attached hydrogens (tertiary/aromatic N) is 2. The molecule has 0 aromatic carbocycles. The number of aromatic hydroxyl groups is 1. The van der Waals surface area contributed by atoms with Crippen LogP contribution < -0.4 is 10.6 Å². The molecule has 24 heavy (non-hydrogen) atoms. The van der Waals surface area contributed by atoms with Gasteiger partial charge in [0.25, 0.3) is 5.91 Å². The maximum atomic E-state index is 12.4. The zero-order chi connectivity index (χ0) is 17.3. The molecule has 1 amide bonds. The number of anilines is 2. The summed E-state index contributed by atoms with van der Waals surface area (Å²) in [7, 11) is 0. The van der Waals surface area contributed by atoms with Crippen molar-refractivity contribution in [2.45, 2.75) is 32.7 Å². The molecule has 2 aromatic heterocycles. The predicted molar refractivity (Wildman–Crippen MR) is 92.7 cm³/mol. The second kappa shape index (κ2) is 6.28. The molecule has 0 saturated heterocycles. The van der Waals surface area contributed by atoms with Crippen LogP contribution in [0.25, 0.3) is 0 Å². The van der Waals surface area contributed by atoms with Crippen molar-refractivity contribution < 1.29 is 9.90 Å². The molecule has 0 aliphatic heterocycles. The molecule has 3 N–H and O–H groups in total. The van der Waals surface area contributed by atoms with Crippen LogP contribution in [0.2, 0.25) is 5.15 Å². The summed E-state index contributed by atoms with van der Waals surface area (Å²) >= 11 is 5.85. The van der Waals surface area contributed by atoms with Gasteiger partial charge >= 0.3 is 0 Å². The minimum absolute atomic E-state index is 0.00264. The number of hydrogen-bond acceptors (Lipinski definition) is 5. The minimum Gasteiger partial charge on any atom is -0.505 e. The normalized spacial score (nSPS) is 18.5. The van der Waals surface area contributed by atoms with E-state index < -0.39 is 0 Å². The fourth-order valence-corrected chi connectivity index (χ4v) is 2.85. The Morgan fingerprint density at radius 2 is 2.17 bits per heavy atom. The highest BCUT2D eigenvalue weighted by Crippen LogP contribution is 2.40. The van der Waals surface area contributed by atoms with E-state index in [2.05, 4.69) is 34.4 Å². The molecular weight excluding hydrogens is 328 g/mol. The molecule has 1 aliphatic rings. The van der Waals surface area contributed by atoms with Gasteiger partial charge in [-0.2, -0.15) is 0 Å². The molecule has 1 atom stereocenters.